The normalized spacial score (nSPS) is 30.1. The predicted octanol–water partition coefficient (Wildman–Crippen LogP) is -0.816. The van der Waals surface area contributed by atoms with Crippen LogP contribution in [-0.2, 0) is 4.74 Å². The second kappa shape index (κ2) is 4.54. The fourth-order valence-electron chi connectivity index (χ4n) is 2.36. The maximum Gasteiger partial charge on any atom is 0.223 e. The molecule has 0 spiro atoms. The summed E-state index contributed by atoms with van der Waals surface area (Å²) < 4.78 is 20.8. The molecule has 0 unspecified atom stereocenters. The molecule has 6 N–H and O–H groups in total. The zero-order valence-electron chi connectivity index (χ0n) is 10.3. The van der Waals surface area contributed by atoms with Crippen LogP contribution in [0.15, 0.2) is 12.3 Å². The first-order valence-corrected chi connectivity index (χ1v) is 6.01. The number of halogens is 1. The summed E-state index contributed by atoms with van der Waals surface area (Å²) in [5.41, 5.74) is 11.6. The zero-order valence-corrected chi connectivity index (χ0v) is 10.3. The van der Waals surface area contributed by atoms with Crippen molar-refractivity contribution in [1.82, 2.24) is 14.5 Å². The van der Waals surface area contributed by atoms with Gasteiger partial charge in [0.25, 0.3) is 0 Å². The largest absolute Gasteiger partial charge is 0.394 e. The summed E-state index contributed by atoms with van der Waals surface area (Å²) in [6.45, 7) is -0.476. The summed E-state index contributed by atoms with van der Waals surface area (Å²) in [7, 11) is 0. The van der Waals surface area contributed by atoms with Crippen LogP contribution in [0, 0.1) is 0 Å². The standard InChI is InChI=1S/C11H14FN5O3/c12-6-7(19)5(3-18)20-10(6)17-2-1-4-8(13)15-11(14)16-9(4)17/h1-2,5-7,10,18-19H,3H2,(H4,13,14,15,16)/t5-,6+,7-,10-/m1/s1. The number of aromatic nitrogens is 3. The third-order valence-corrected chi connectivity index (χ3v) is 3.37. The lowest BCUT2D eigenvalue weighted by molar-refractivity contribution is -0.0457. The van der Waals surface area contributed by atoms with Gasteiger partial charge in [-0.05, 0) is 6.07 Å². The summed E-state index contributed by atoms with van der Waals surface area (Å²) in [5.74, 6) is 0.140. The van der Waals surface area contributed by atoms with E-state index >= 15 is 0 Å². The van der Waals surface area contributed by atoms with Crippen molar-refractivity contribution in [2.24, 2.45) is 0 Å². The third kappa shape index (κ3) is 1.79. The highest BCUT2D eigenvalue weighted by Crippen LogP contribution is 2.34. The maximum absolute atomic E-state index is 14.1. The van der Waals surface area contributed by atoms with Gasteiger partial charge in [-0.15, -0.1) is 0 Å². The molecule has 0 saturated carbocycles. The van der Waals surface area contributed by atoms with E-state index in [4.69, 9.17) is 21.3 Å². The van der Waals surface area contributed by atoms with E-state index in [1.807, 2.05) is 0 Å². The summed E-state index contributed by atoms with van der Waals surface area (Å²) in [4.78, 5) is 7.82. The molecule has 0 radical (unpaired) electrons. The first kappa shape index (κ1) is 13.0. The average molecular weight is 283 g/mol. The van der Waals surface area contributed by atoms with E-state index in [2.05, 4.69) is 9.97 Å². The molecule has 1 fully saturated rings. The van der Waals surface area contributed by atoms with Crippen LogP contribution in [0.1, 0.15) is 6.23 Å². The number of nitrogen functional groups attached to an aromatic ring is 2. The van der Waals surface area contributed by atoms with Crippen molar-refractivity contribution in [3.8, 4) is 0 Å². The molecule has 0 amide bonds. The summed E-state index contributed by atoms with van der Waals surface area (Å²) in [6.07, 6.45) is -3.66. The van der Waals surface area contributed by atoms with E-state index in [-0.39, 0.29) is 11.8 Å². The molecule has 108 valence electrons. The van der Waals surface area contributed by atoms with Crippen molar-refractivity contribution >= 4 is 22.8 Å². The third-order valence-electron chi connectivity index (χ3n) is 3.37. The van der Waals surface area contributed by atoms with E-state index in [1.165, 1.54) is 10.8 Å². The summed E-state index contributed by atoms with van der Waals surface area (Å²) in [6, 6.07) is 1.61. The summed E-state index contributed by atoms with van der Waals surface area (Å²) in [5, 5.41) is 19.2. The Kier molecular flexibility index (Phi) is 2.96. The zero-order chi connectivity index (χ0) is 14.4. The Morgan fingerprint density at radius 1 is 1.40 bits per heavy atom. The minimum Gasteiger partial charge on any atom is -0.394 e. The molecule has 0 bridgehead atoms. The Labute approximate surface area is 112 Å². The second-order valence-electron chi connectivity index (χ2n) is 4.61. The van der Waals surface area contributed by atoms with Crippen LogP contribution < -0.4 is 11.5 Å². The van der Waals surface area contributed by atoms with Crippen LogP contribution in [0.4, 0.5) is 16.2 Å². The number of aliphatic hydroxyl groups excluding tert-OH is 2. The van der Waals surface area contributed by atoms with E-state index in [0.29, 0.717) is 11.0 Å². The first-order chi connectivity index (χ1) is 9.52. The number of nitrogens with zero attached hydrogens (tertiary/aromatic N) is 3. The lowest BCUT2D eigenvalue weighted by Gasteiger charge is -2.16. The fraction of sp³-hybridized carbons (Fsp3) is 0.455. The van der Waals surface area contributed by atoms with E-state index in [9.17, 15) is 9.50 Å². The highest BCUT2D eigenvalue weighted by atomic mass is 19.1. The monoisotopic (exact) mass is 283 g/mol. The van der Waals surface area contributed by atoms with Gasteiger partial charge < -0.3 is 31.0 Å². The van der Waals surface area contributed by atoms with Crippen LogP contribution in [-0.4, -0.2) is 49.7 Å². The number of ether oxygens (including phenoxy) is 1. The van der Waals surface area contributed by atoms with E-state index < -0.39 is 31.2 Å². The Balaban J connectivity index is 2.07. The molecule has 3 heterocycles. The van der Waals surface area contributed by atoms with Gasteiger partial charge in [-0.2, -0.15) is 9.97 Å². The van der Waals surface area contributed by atoms with Crippen molar-refractivity contribution < 1.29 is 19.3 Å². The van der Waals surface area contributed by atoms with E-state index in [1.54, 1.807) is 6.07 Å². The molecule has 1 aliphatic heterocycles. The van der Waals surface area contributed by atoms with Crippen LogP contribution in [0.3, 0.4) is 0 Å². The van der Waals surface area contributed by atoms with Gasteiger partial charge in [0.05, 0.1) is 12.0 Å². The SMILES string of the molecule is Nc1nc(N)c2ccn([C@@H]3O[C@H](CO)[C@@H](O)[C@@H]3F)c2n1. The van der Waals surface area contributed by atoms with Gasteiger partial charge >= 0.3 is 0 Å². The van der Waals surface area contributed by atoms with Crippen molar-refractivity contribution in [2.45, 2.75) is 24.6 Å². The number of nitrogens with two attached hydrogens (primary N) is 2. The molecule has 3 rings (SSSR count). The smallest absolute Gasteiger partial charge is 0.223 e. The molecule has 20 heavy (non-hydrogen) atoms. The predicted molar refractivity (Wildman–Crippen MR) is 68.3 cm³/mol. The maximum atomic E-state index is 14.1. The molecule has 9 heteroatoms. The van der Waals surface area contributed by atoms with Crippen molar-refractivity contribution in [2.75, 3.05) is 18.1 Å². The second-order valence-corrected chi connectivity index (χ2v) is 4.61. The van der Waals surface area contributed by atoms with Gasteiger partial charge in [0.15, 0.2) is 12.4 Å². The highest BCUT2D eigenvalue weighted by Gasteiger charge is 2.45. The van der Waals surface area contributed by atoms with Gasteiger partial charge in [-0.3, -0.25) is 0 Å². The number of rotatable bonds is 2. The fourth-order valence-corrected chi connectivity index (χ4v) is 2.36. The number of hydrogen-bond acceptors (Lipinski definition) is 7. The molecular weight excluding hydrogens is 269 g/mol. The Morgan fingerprint density at radius 2 is 2.15 bits per heavy atom. The van der Waals surface area contributed by atoms with Crippen LogP contribution in [0.5, 0.6) is 0 Å². The van der Waals surface area contributed by atoms with E-state index in [0.717, 1.165) is 0 Å². The van der Waals surface area contributed by atoms with Crippen molar-refractivity contribution in [1.29, 1.82) is 0 Å². The van der Waals surface area contributed by atoms with Crippen LogP contribution in [0.25, 0.3) is 11.0 Å². The number of aliphatic hydroxyl groups is 2. The molecule has 2 aromatic heterocycles. The quantitative estimate of drug-likeness (QED) is 0.566. The lowest BCUT2D eigenvalue weighted by atomic mass is 10.1. The Bertz CT molecular complexity index is 648. The van der Waals surface area contributed by atoms with Gasteiger partial charge in [0, 0.05) is 6.20 Å². The molecule has 2 aromatic rings. The minimum absolute atomic E-state index is 0.0392. The molecule has 0 aliphatic carbocycles. The van der Waals surface area contributed by atoms with Gasteiger partial charge in [0.1, 0.15) is 23.7 Å². The number of fused-ring (bicyclic) bond motifs is 1. The number of alkyl halides is 1. The molecule has 0 aromatic carbocycles. The Hall–Kier alpha value is -1.97. The highest BCUT2D eigenvalue weighted by molar-refractivity contribution is 5.87. The molecular formula is C11H14FN5O3. The number of hydrogen-bond donors (Lipinski definition) is 4. The Morgan fingerprint density at radius 3 is 2.80 bits per heavy atom. The van der Waals surface area contributed by atoms with Gasteiger partial charge in [0.2, 0.25) is 5.95 Å². The van der Waals surface area contributed by atoms with Gasteiger partial charge in [-0.25, -0.2) is 4.39 Å². The van der Waals surface area contributed by atoms with Crippen molar-refractivity contribution in [3.63, 3.8) is 0 Å². The molecule has 8 nitrogen and oxygen atoms in total. The lowest BCUT2D eigenvalue weighted by Crippen LogP contribution is -2.30. The molecule has 1 aliphatic rings. The first-order valence-electron chi connectivity index (χ1n) is 6.01. The van der Waals surface area contributed by atoms with Gasteiger partial charge in [-0.1, -0.05) is 0 Å². The van der Waals surface area contributed by atoms with Crippen molar-refractivity contribution in [3.05, 3.63) is 12.3 Å². The average Bonchev–Trinajstić information content (AvgIpc) is 2.93. The van der Waals surface area contributed by atoms with Crippen LogP contribution >= 0.6 is 0 Å². The molecule has 4 atom stereocenters. The van der Waals surface area contributed by atoms with Crippen LogP contribution in [0.2, 0.25) is 0 Å². The summed E-state index contributed by atoms with van der Waals surface area (Å²) >= 11 is 0. The molecule has 1 saturated heterocycles. The number of anilines is 2. The topological polar surface area (TPSA) is 132 Å². The minimum atomic E-state index is -1.69.